The van der Waals surface area contributed by atoms with Crippen LogP contribution in [0.4, 0.5) is 0 Å². The van der Waals surface area contributed by atoms with E-state index in [1.807, 2.05) is 0 Å². The van der Waals surface area contributed by atoms with Gasteiger partial charge in [0.1, 0.15) is 0 Å². The maximum atomic E-state index is 5.44. The molecule has 2 heteroatoms. The molecule has 0 fully saturated rings. The minimum atomic E-state index is 0.492. The highest BCUT2D eigenvalue weighted by molar-refractivity contribution is 5.34. The van der Waals surface area contributed by atoms with Crippen molar-refractivity contribution < 1.29 is 4.74 Å². The van der Waals surface area contributed by atoms with Crippen LogP contribution in [-0.2, 0) is 18.0 Å². The van der Waals surface area contributed by atoms with Crippen molar-refractivity contribution in [3.05, 3.63) is 34.9 Å². The number of ether oxygens (including phenoxy) is 1. The third-order valence-corrected chi connectivity index (χ3v) is 3.20. The fourth-order valence-electron chi connectivity index (χ4n) is 2.23. The summed E-state index contributed by atoms with van der Waals surface area (Å²) in [7, 11) is 0. The normalized spacial score (nSPS) is 16.1. The summed E-state index contributed by atoms with van der Waals surface area (Å²) in [6, 6.07) is 7.25. The number of benzene rings is 1. The summed E-state index contributed by atoms with van der Waals surface area (Å²) in [4.78, 5) is 0. The van der Waals surface area contributed by atoms with E-state index < -0.39 is 0 Å². The van der Waals surface area contributed by atoms with Gasteiger partial charge in [-0.3, -0.25) is 0 Å². The smallest absolute Gasteiger partial charge is 0.0725 e. The Hall–Kier alpha value is -0.860. The first kappa shape index (κ1) is 11.6. The van der Waals surface area contributed by atoms with Gasteiger partial charge in [0.2, 0.25) is 0 Å². The van der Waals surface area contributed by atoms with Crippen LogP contribution in [0.5, 0.6) is 0 Å². The Balaban J connectivity index is 2.12. The van der Waals surface area contributed by atoms with Crippen LogP contribution in [0, 0.1) is 0 Å². The Bertz CT molecular complexity index is 349. The van der Waals surface area contributed by atoms with Crippen molar-refractivity contribution in [2.75, 3.05) is 6.54 Å². The Labute approximate surface area is 98.0 Å². The molecule has 88 valence electrons. The molecule has 0 aromatic heterocycles. The predicted octanol–water partition coefficient (Wildman–Crippen LogP) is 3.17. The van der Waals surface area contributed by atoms with Crippen molar-refractivity contribution >= 4 is 0 Å². The summed E-state index contributed by atoms with van der Waals surface area (Å²) < 4.78 is 5.44. The zero-order chi connectivity index (χ0) is 11.4. The molecule has 1 aliphatic heterocycles. The van der Waals surface area contributed by atoms with E-state index in [4.69, 9.17) is 4.74 Å². The highest BCUT2D eigenvalue weighted by Crippen LogP contribution is 2.25. The van der Waals surface area contributed by atoms with Crippen molar-refractivity contribution in [3.8, 4) is 0 Å². The topological polar surface area (TPSA) is 21.3 Å². The molecule has 1 aromatic carbocycles. The van der Waals surface area contributed by atoms with Gasteiger partial charge in [-0.25, -0.2) is 0 Å². The summed E-state index contributed by atoms with van der Waals surface area (Å²) in [5.74, 6) is 0. The molecule has 1 N–H and O–H groups in total. The van der Waals surface area contributed by atoms with E-state index in [1.165, 1.54) is 23.1 Å². The Morgan fingerprint density at radius 2 is 2.06 bits per heavy atom. The summed E-state index contributed by atoms with van der Waals surface area (Å²) in [5.41, 5.74) is 4.13. The van der Waals surface area contributed by atoms with Gasteiger partial charge < -0.3 is 10.1 Å². The molecule has 0 radical (unpaired) electrons. The van der Waals surface area contributed by atoms with Gasteiger partial charge >= 0.3 is 0 Å². The van der Waals surface area contributed by atoms with Gasteiger partial charge in [0.15, 0.2) is 0 Å². The highest BCUT2D eigenvalue weighted by atomic mass is 16.5. The SMILES string of the molecule is CCCNC(CC)c1ccc2c(c1)COC2. The Kier molecular flexibility index (Phi) is 3.97. The van der Waals surface area contributed by atoms with E-state index in [2.05, 4.69) is 37.4 Å². The largest absolute Gasteiger partial charge is 0.372 e. The van der Waals surface area contributed by atoms with Crippen molar-refractivity contribution in [1.82, 2.24) is 5.32 Å². The third kappa shape index (κ3) is 2.45. The van der Waals surface area contributed by atoms with Gasteiger partial charge in [0.05, 0.1) is 13.2 Å². The average molecular weight is 219 g/mol. The molecule has 0 aliphatic carbocycles. The minimum Gasteiger partial charge on any atom is -0.372 e. The van der Waals surface area contributed by atoms with Gasteiger partial charge in [0.25, 0.3) is 0 Å². The Morgan fingerprint density at radius 1 is 1.25 bits per heavy atom. The van der Waals surface area contributed by atoms with E-state index in [0.717, 1.165) is 26.2 Å². The van der Waals surface area contributed by atoms with Crippen molar-refractivity contribution in [1.29, 1.82) is 0 Å². The number of hydrogen-bond donors (Lipinski definition) is 1. The second kappa shape index (κ2) is 5.46. The first-order valence-corrected chi connectivity index (χ1v) is 6.28. The second-order valence-electron chi connectivity index (χ2n) is 4.44. The molecule has 1 aromatic rings. The molecule has 0 saturated heterocycles. The Morgan fingerprint density at radius 3 is 2.81 bits per heavy atom. The van der Waals surface area contributed by atoms with Gasteiger partial charge in [-0.2, -0.15) is 0 Å². The van der Waals surface area contributed by atoms with E-state index in [1.54, 1.807) is 0 Å². The lowest BCUT2D eigenvalue weighted by atomic mass is 9.99. The van der Waals surface area contributed by atoms with Crippen LogP contribution in [-0.4, -0.2) is 6.54 Å². The van der Waals surface area contributed by atoms with Crippen LogP contribution < -0.4 is 5.32 Å². The molecular weight excluding hydrogens is 198 g/mol. The van der Waals surface area contributed by atoms with Gasteiger partial charge in [0, 0.05) is 6.04 Å². The first-order chi connectivity index (χ1) is 7.85. The molecule has 0 saturated carbocycles. The average Bonchev–Trinajstić information content (AvgIpc) is 2.77. The molecule has 1 unspecified atom stereocenters. The predicted molar refractivity (Wildman–Crippen MR) is 66.3 cm³/mol. The van der Waals surface area contributed by atoms with Crippen LogP contribution >= 0.6 is 0 Å². The highest BCUT2D eigenvalue weighted by Gasteiger charge is 2.14. The van der Waals surface area contributed by atoms with Crippen LogP contribution in [0.3, 0.4) is 0 Å². The van der Waals surface area contributed by atoms with E-state index in [9.17, 15) is 0 Å². The molecule has 2 nitrogen and oxygen atoms in total. The molecule has 0 amide bonds. The molecule has 1 atom stereocenters. The van der Waals surface area contributed by atoms with Crippen molar-refractivity contribution in [2.24, 2.45) is 0 Å². The third-order valence-electron chi connectivity index (χ3n) is 3.20. The van der Waals surface area contributed by atoms with Crippen LogP contribution in [0.2, 0.25) is 0 Å². The van der Waals surface area contributed by atoms with Crippen molar-refractivity contribution in [2.45, 2.75) is 45.9 Å². The van der Waals surface area contributed by atoms with E-state index in [0.29, 0.717) is 6.04 Å². The standard InChI is InChI=1S/C14H21NO/c1-3-7-15-14(4-2)11-5-6-12-9-16-10-13(12)8-11/h5-6,8,14-15H,3-4,7,9-10H2,1-2H3. The zero-order valence-corrected chi connectivity index (χ0v) is 10.3. The molecule has 0 bridgehead atoms. The monoisotopic (exact) mass is 219 g/mol. The fraction of sp³-hybridized carbons (Fsp3) is 0.571. The molecule has 16 heavy (non-hydrogen) atoms. The fourth-order valence-corrected chi connectivity index (χ4v) is 2.23. The van der Waals surface area contributed by atoms with Crippen LogP contribution in [0.1, 0.15) is 49.4 Å². The molecule has 1 aliphatic rings. The van der Waals surface area contributed by atoms with Gasteiger partial charge in [-0.05, 0) is 36.1 Å². The van der Waals surface area contributed by atoms with E-state index >= 15 is 0 Å². The lowest BCUT2D eigenvalue weighted by Gasteiger charge is -2.17. The number of nitrogens with one attached hydrogen (secondary N) is 1. The van der Waals surface area contributed by atoms with Crippen LogP contribution in [0.25, 0.3) is 0 Å². The molecule has 0 spiro atoms. The first-order valence-electron chi connectivity index (χ1n) is 6.28. The maximum Gasteiger partial charge on any atom is 0.0725 e. The number of hydrogen-bond acceptors (Lipinski definition) is 2. The summed E-state index contributed by atoms with van der Waals surface area (Å²) in [5, 5.41) is 3.59. The number of rotatable bonds is 5. The maximum absolute atomic E-state index is 5.44. The lowest BCUT2D eigenvalue weighted by Crippen LogP contribution is -2.21. The van der Waals surface area contributed by atoms with E-state index in [-0.39, 0.29) is 0 Å². The molecule has 1 heterocycles. The lowest BCUT2D eigenvalue weighted by molar-refractivity contribution is 0.134. The molecule has 2 rings (SSSR count). The van der Waals surface area contributed by atoms with Gasteiger partial charge in [-0.15, -0.1) is 0 Å². The summed E-state index contributed by atoms with van der Waals surface area (Å²) >= 11 is 0. The van der Waals surface area contributed by atoms with Crippen molar-refractivity contribution in [3.63, 3.8) is 0 Å². The van der Waals surface area contributed by atoms with Crippen LogP contribution in [0.15, 0.2) is 18.2 Å². The summed E-state index contributed by atoms with van der Waals surface area (Å²) in [6.45, 7) is 7.10. The molecular formula is C14H21NO. The zero-order valence-electron chi connectivity index (χ0n) is 10.3. The number of fused-ring (bicyclic) bond motifs is 1. The second-order valence-corrected chi connectivity index (χ2v) is 4.44. The summed E-state index contributed by atoms with van der Waals surface area (Å²) in [6.07, 6.45) is 2.32. The van der Waals surface area contributed by atoms with Gasteiger partial charge in [-0.1, -0.05) is 32.0 Å². The minimum absolute atomic E-state index is 0.492. The quantitative estimate of drug-likeness (QED) is 0.821.